The molecule has 1 aromatic heterocycles. The molecule has 2 atom stereocenters. The highest BCUT2D eigenvalue weighted by molar-refractivity contribution is 7.51. The topological polar surface area (TPSA) is 186 Å². The molecule has 2 aromatic rings. The summed E-state index contributed by atoms with van der Waals surface area (Å²) in [4.78, 5) is 70.6. The number of anilines is 1. The monoisotopic (exact) mass is 576 g/mol. The van der Waals surface area contributed by atoms with Crippen LogP contribution < -0.4 is 10.2 Å². The standard InChI is InChI=1S/C25H33N6O8P/c1-39-18-7-9-31(16-18)21-15-20(26-22(28-21)17-5-3-2-4-6-17)23(32)27-19(8-14-40(36,37)38)24(33)29-10-12-30(13-11-29)25(34)35/h2-6,15,18-19H,7-14,16H2,1H3,(H,27,32)(H,34,35)(H2,36,37,38)/t18-,19+/m0/s1. The Kier molecular flexibility index (Phi) is 9.36. The molecule has 2 saturated heterocycles. The molecule has 0 aliphatic carbocycles. The number of methoxy groups -OCH3 is 1. The Morgan fingerprint density at radius 3 is 2.35 bits per heavy atom. The number of amides is 3. The van der Waals surface area contributed by atoms with E-state index in [-0.39, 0.29) is 44.4 Å². The van der Waals surface area contributed by atoms with E-state index < -0.39 is 37.7 Å². The highest BCUT2D eigenvalue weighted by Crippen LogP contribution is 2.35. The van der Waals surface area contributed by atoms with E-state index in [2.05, 4.69) is 15.3 Å². The molecule has 40 heavy (non-hydrogen) atoms. The van der Waals surface area contributed by atoms with Crippen molar-refractivity contribution in [1.29, 1.82) is 0 Å². The first-order chi connectivity index (χ1) is 19.0. The van der Waals surface area contributed by atoms with Gasteiger partial charge in [0.15, 0.2) is 5.82 Å². The SMILES string of the molecule is CO[C@H]1CCN(c2cc(C(=O)N[C@H](CCP(=O)(O)O)C(=O)N3CCN(C(=O)O)CC3)nc(-c3ccccc3)n2)C1. The van der Waals surface area contributed by atoms with Gasteiger partial charge in [-0.1, -0.05) is 30.3 Å². The van der Waals surface area contributed by atoms with Crippen LogP contribution in [0.2, 0.25) is 0 Å². The predicted molar refractivity (Wildman–Crippen MR) is 144 cm³/mol. The van der Waals surface area contributed by atoms with Gasteiger partial charge in [0.1, 0.15) is 17.6 Å². The predicted octanol–water partition coefficient (Wildman–Crippen LogP) is 0.857. The van der Waals surface area contributed by atoms with Crippen molar-refractivity contribution in [2.75, 3.05) is 57.4 Å². The number of carbonyl (C=O) groups excluding carboxylic acids is 2. The Hall–Kier alpha value is -3.58. The van der Waals surface area contributed by atoms with E-state index in [1.165, 1.54) is 15.9 Å². The molecule has 14 nitrogen and oxygen atoms in total. The fraction of sp³-hybridized carbons (Fsp3) is 0.480. The average molecular weight is 577 g/mol. The molecule has 4 N–H and O–H groups in total. The van der Waals surface area contributed by atoms with E-state index in [4.69, 9.17) is 4.74 Å². The molecular weight excluding hydrogens is 543 g/mol. The van der Waals surface area contributed by atoms with E-state index in [0.29, 0.717) is 30.3 Å². The number of carbonyl (C=O) groups is 3. The van der Waals surface area contributed by atoms with Crippen LogP contribution in [0.5, 0.6) is 0 Å². The molecule has 0 bridgehead atoms. The molecule has 0 unspecified atom stereocenters. The molecule has 3 amide bonds. The largest absolute Gasteiger partial charge is 0.465 e. The van der Waals surface area contributed by atoms with Crippen LogP contribution in [0.4, 0.5) is 10.6 Å². The summed E-state index contributed by atoms with van der Waals surface area (Å²) in [5.41, 5.74) is 0.681. The molecule has 0 spiro atoms. The number of nitrogens with zero attached hydrogens (tertiary/aromatic N) is 5. The van der Waals surface area contributed by atoms with Gasteiger partial charge in [-0.25, -0.2) is 14.8 Å². The Balaban J connectivity index is 1.59. The summed E-state index contributed by atoms with van der Waals surface area (Å²) in [6.45, 7) is 1.62. The minimum absolute atomic E-state index is 0.00519. The minimum atomic E-state index is -4.47. The smallest absolute Gasteiger partial charge is 0.407 e. The van der Waals surface area contributed by atoms with Crippen molar-refractivity contribution in [3.63, 3.8) is 0 Å². The van der Waals surface area contributed by atoms with E-state index >= 15 is 0 Å². The molecule has 1 aromatic carbocycles. The molecule has 2 aliphatic rings. The fourth-order valence-corrected chi connectivity index (χ4v) is 5.28. The summed E-state index contributed by atoms with van der Waals surface area (Å²) in [5, 5.41) is 11.8. The first kappa shape index (κ1) is 29.4. The Morgan fingerprint density at radius 2 is 1.75 bits per heavy atom. The number of nitrogens with one attached hydrogen (secondary N) is 1. The summed E-state index contributed by atoms with van der Waals surface area (Å²) >= 11 is 0. The van der Waals surface area contributed by atoms with Crippen LogP contribution in [0.15, 0.2) is 36.4 Å². The van der Waals surface area contributed by atoms with Crippen molar-refractivity contribution in [2.24, 2.45) is 0 Å². The van der Waals surface area contributed by atoms with Crippen LogP contribution in [-0.2, 0) is 14.1 Å². The molecule has 216 valence electrons. The van der Waals surface area contributed by atoms with E-state index in [0.717, 1.165) is 6.42 Å². The molecule has 0 saturated carbocycles. The maximum atomic E-state index is 13.5. The number of aromatic nitrogens is 2. The highest BCUT2D eigenvalue weighted by Gasteiger charge is 2.32. The molecule has 2 aliphatic heterocycles. The number of carboxylic acid groups (broad SMARTS) is 1. The van der Waals surface area contributed by atoms with Crippen LogP contribution in [-0.4, -0.2) is 117 Å². The molecular formula is C25H33N6O8P. The zero-order valence-electron chi connectivity index (χ0n) is 22.0. The molecule has 3 heterocycles. The average Bonchev–Trinajstić information content (AvgIpc) is 3.44. The lowest BCUT2D eigenvalue weighted by Gasteiger charge is -2.35. The lowest BCUT2D eigenvalue weighted by molar-refractivity contribution is -0.134. The van der Waals surface area contributed by atoms with Crippen LogP contribution in [0, 0.1) is 0 Å². The fourth-order valence-electron chi connectivity index (χ4n) is 4.68. The van der Waals surface area contributed by atoms with E-state index in [9.17, 15) is 33.8 Å². The van der Waals surface area contributed by atoms with E-state index in [1.54, 1.807) is 7.11 Å². The second-order valence-electron chi connectivity index (χ2n) is 9.69. The number of rotatable bonds is 9. The third-order valence-corrected chi connectivity index (χ3v) is 7.79. The first-order valence-electron chi connectivity index (χ1n) is 12.9. The minimum Gasteiger partial charge on any atom is -0.465 e. The Morgan fingerprint density at radius 1 is 1.07 bits per heavy atom. The molecule has 4 rings (SSSR count). The summed E-state index contributed by atoms with van der Waals surface area (Å²) < 4.78 is 17.1. The lowest BCUT2D eigenvalue weighted by Crippen LogP contribution is -2.56. The van der Waals surface area contributed by atoms with Gasteiger partial charge in [-0.3, -0.25) is 14.2 Å². The van der Waals surface area contributed by atoms with Crippen LogP contribution in [0.1, 0.15) is 23.3 Å². The Bertz CT molecular complexity index is 1270. The van der Waals surface area contributed by atoms with Crippen LogP contribution in [0.25, 0.3) is 11.4 Å². The van der Waals surface area contributed by atoms with Crippen LogP contribution >= 0.6 is 7.60 Å². The van der Waals surface area contributed by atoms with Gasteiger partial charge in [0.2, 0.25) is 5.91 Å². The van der Waals surface area contributed by atoms with Crippen molar-refractivity contribution >= 4 is 31.3 Å². The quantitative estimate of drug-likeness (QED) is 0.310. The molecule has 2 fully saturated rings. The maximum absolute atomic E-state index is 13.5. The molecule has 0 radical (unpaired) electrons. The van der Waals surface area contributed by atoms with Gasteiger partial charge in [-0.15, -0.1) is 0 Å². The molecule has 15 heteroatoms. The highest BCUT2D eigenvalue weighted by atomic mass is 31.2. The number of ether oxygens (including phenoxy) is 1. The Labute approximate surface area is 231 Å². The van der Waals surface area contributed by atoms with Crippen molar-refractivity contribution in [3.05, 3.63) is 42.1 Å². The van der Waals surface area contributed by atoms with Gasteiger partial charge in [0.25, 0.3) is 5.91 Å². The second kappa shape index (κ2) is 12.7. The number of benzene rings is 1. The summed E-state index contributed by atoms with van der Waals surface area (Å²) in [6.07, 6.45) is -1.21. The summed E-state index contributed by atoms with van der Waals surface area (Å²) in [6, 6.07) is 9.39. The zero-order chi connectivity index (χ0) is 28.9. The lowest BCUT2D eigenvalue weighted by atomic mass is 10.1. The third-order valence-electron chi connectivity index (χ3n) is 6.95. The zero-order valence-corrected chi connectivity index (χ0v) is 22.9. The maximum Gasteiger partial charge on any atom is 0.407 e. The first-order valence-corrected chi connectivity index (χ1v) is 14.7. The van der Waals surface area contributed by atoms with Crippen molar-refractivity contribution < 1.29 is 38.6 Å². The van der Waals surface area contributed by atoms with Gasteiger partial charge in [-0.05, 0) is 12.8 Å². The van der Waals surface area contributed by atoms with E-state index in [1.807, 2.05) is 35.2 Å². The van der Waals surface area contributed by atoms with Gasteiger partial charge < -0.3 is 39.6 Å². The van der Waals surface area contributed by atoms with Crippen molar-refractivity contribution in [2.45, 2.75) is 25.0 Å². The van der Waals surface area contributed by atoms with Gasteiger partial charge in [0, 0.05) is 58.0 Å². The van der Waals surface area contributed by atoms with Gasteiger partial charge in [0.05, 0.1) is 12.3 Å². The number of hydrogen-bond acceptors (Lipinski definition) is 8. The number of piperazine rings is 1. The second-order valence-corrected chi connectivity index (χ2v) is 11.5. The number of hydrogen-bond donors (Lipinski definition) is 4. The van der Waals surface area contributed by atoms with Crippen molar-refractivity contribution in [3.8, 4) is 11.4 Å². The third kappa shape index (κ3) is 7.54. The van der Waals surface area contributed by atoms with Gasteiger partial charge >= 0.3 is 13.7 Å². The summed E-state index contributed by atoms with van der Waals surface area (Å²) in [5.74, 6) is -0.420. The van der Waals surface area contributed by atoms with Gasteiger partial charge in [-0.2, -0.15) is 0 Å². The van der Waals surface area contributed by atoms with Crippen molar-refractivity contribution in [1.82, 2.24) is 25.1 Å². The normalized spacial score (nSPS) is 18.5. The summed E-state index contributed by atoms with van der Waals surface area (Å²) in [7, 11) is -2.83. The van der Waals surface area contributed by atoms with Crippen LogP contribution in [0.3, 0.4) is 0 Å².